The summed E-state index contributed by atoms with van der Waals surface area (Å²) in [5, 5.41) is 2.92. The van der Waals surface area contributed by atoms with Gasteiger partial charge in [-0.3, -0.25) is 0 Å². The summed E-state index contributed by atoms with van der Waals surface area (Å²) in [5.41, 5.74) is 0. The number of rotatable bonds is 5. The van der Waals surface area contributed by atoms with E-state index in [4.69, 9.17) is 9.47 Å². The summed E-state index contributed by atoms with van der Waals surface area (Å²) in [6.07, 6.45) is 0. The van der Waals surface area contributed by atoms with Crippen LogP contribution >= 0.6 is 15.9 Å². The molecule has 1 heterocycles. The SMILES string of the molecule is CNc1cc(Oc2ccc(F)c(Br)c2)nc(COC)n1. The van der Waals surface area contributed by atoms with Crippen molar-refractivity contribution in [1.82, 2.24) is 9.97 Å². The van der Waals surface area contributed by atoms with E-state index in [1.54, 1.807) is 20.2 Å². The van der Waals surface area contributed by atoms with Gasteiger partial charge in [-0.25, -0.2) is 9.37 Å². The largest absolute Gasteiger partial charge is 0.439 e. The lowest BCUT2D eigenvalue weighted by Crippen LogP contribution is -2.03. The number of methoxy groups -OCH3 is 1. The lowest BCUT2D eigenvalue weighted by atomic mass is 10.3. The van der Waals surface area contributed by atoms with E-state index >= 15 is 0 Å². The van der Waals surface area contributed by atoms with E-state index in [9.17, 15) is 4.39 Å². The molecule has 5 nitrogen and oxygen atoms in total. The van der Waals surface area contributed by atoms with E-state index in [-0.39, 0.29) is 12.4 Å². The van der Waals surface area contributed by atoms with Gasteiger partial charge in [-0.15, -0.1) is 0 Å². The third-order valence-corrected chi connectivity index (χ3v) is 3.00. The topological polar surface area (TPSA) is 56.3 Å². The van der Waals surface area contributed by atoms with E-state index in [0.717, 1.165) is 0 Å². The summed E-state index contributed by atoms with van der Waals surface area (Å²) in [6.45, 7) is 0.277. The summed E-state index contributed by atoms with van der Waals surface area (Å²) < 4.78 is 24.1. The quantitative estimate of drug-likeness (QED) is 0.903. The molecule has 20 heavy (non-hydrogen) atoms. The second-order valence-electron chi connectivity index (χ2n) is 3.87. The monoisotopic (exact) mass is 341 g/mol. The molecule has 0 aliphatic carbocycles. The molecule has 0 aliphatic rings. The Hall–Kier alpha value is -1.73. The Morgan fingerprint density at radius 2 is 2.10 bits per heavy atom. The van der Waals surface area contributed by atoms with Crippen LogP contribution in [0.2, 0.25) is 0 Å². The Bertz CT molecular complexity index is 610. The summed E-state index contributed by atoms with van der Waals surface area (Å²) >= 11 is 3.11. The number of benzene rings is 1. The summed E-state index contributed by atoms with van der Waals surface area (Å²) in [5.74, 6) is 1.59. The summed E-state index contributed by atoms with van der Waals surface area (Å²) in [4.78, 5) is 8.43. The molecule has 0 saturated carbocycles. The zero-order chi connectivity index (χ0) is 14.5. The number of aromatic nitrogens is 2. The lowest BCUT2D eigenvalue weighted by Gasteiger charge is -2.09. The highest BCUT2D eigenvalue weighted by Gasteiger charge is 2.07. The first-order chi connectivity index (χ1) is 9.62. The van der Waals surface area contributed by atoms with E-state index in [2.05, 4.69) is 31.2 Å². The lowest BCUT2D eigenvalue weighted by molar-refractivity contribution is 0.177. The highest BCUT2D eigenvalue weighted by atomic mass is 79.9. The van der Waals surface area contributed by atoms with Crippen LogP contribution in [0, 0.1) is 5.82 Å². The molecule has 1 aromatic carbocycles. The highest BCUT2D eigenvalue weighted by molar-refractivity contribution is 9.10. The number of nitrogens with one attached hydrogen (secondary N) is 1. The predicted molar refractivity (Wildman–Crippen MR) is 76.5 cm³/mol. The average Bonchev–Trinajstić information content (AvgIpc) is 2.43. The van der Waals surface area contributed by atoms with Gasteiger partial charge in [-0.05, 0) is 34.1 Å². The van der Waals surface area contributed by atoms with Gasteiger partial charge in [0, 0.05) is 20.2 Å². The fourth-order valence-corrected chi connectivity index (χ4v) is 1.87. The van der Waals surface area contributed by atoms with Crippen LogP contribution in [0.3, 0.4) is 0 Å². The van der Waals surface area contributed by atoms with Crippen molar-refractivity contribution in [2.45, 2.75) is 6.61 Å². The van der Waals surface area contributed by atoms with Crippen LogP contribution in [0.1, 0.15) is 5.82 Å². The third kappa shape index (κ3) is 3.64. The van der Waals surface area contributed by atoms with Crippen molar-refractivity contribution < 1.29 is 13.9 Å². The Morgan fingerprint density at radius 3 is 2.75 bits per heavy atom. The van der Waals surface area contributed by atoms with Crippen LogP contribution in [-0.2, 0) is 11.3 Å². The number of halogens is 2. The van der Waals surface area contributed by atoms with Gasteiger partial charge >= 0.3 is 0 Å². The molecule has 0 fully saturated rings. The third-order valence-electron chi connectivity index (χ3n) is 2.39. The molecule has 0 bridgehead atoms. The molecule has 2 aromatic rings. The van der Waals surface area contributed by atoms with Gasteiger partial charge in [0.1, 0.15) is 24.0 Å². The van der Waals surface area contributed by atoms with Gasteiger partial charge in [0.25, 0.3) is 0 Å². The Kier molecular flexibility index (Phi) is 4.86. The van der Waals surface area contributed by atoms with Crippen molar-refractivity contribution in [3.63, 3.8) is 0 Å². The first kappa shape index (κ1) is 14.7. The summed E-state index contributed by atoms with van der Waals surface area (Å²) in [7, 11) is 3.31. The minimum absolute atomic E-state index is 0.277. The smallest absolute Gasteiger partial charge is 0.224 e. The van der Waals surface area contributed by atoms with Crippen LogP contribution in [0.15, 0.2) is 28.7 Å². The zero-order valence-electron chi connectivity index (χ0n) is 11.0. The van der Waals surface area contributed by atoms with Crippen LogP contribution < -0.4 is 10.1 Å². The van der Waals surface area contributed by atoms with E-state index in [1.807, 2.05) is 0 Å². The van der Waals surface area contributed by atoms with Gasteiger partial charge < -0.3 is 14.8 Å². The molecule has 0 radical (unpaired) electrons. The van der Waals surface area contributed by atoms with E-state index in [0.29, 0.717) is 27.7 Å². The fourth-order valence-electron chi connectivity index (χ4n) is 1.51. The Labute approximate surface area is 124 Å². The standard InChI is InChI=1S/C13H13BrFN3O2/c1-16-11-6-13(18-12(17-11)7-19-2)20-8-3-4-10(15)9(14)5-8/h3-6H,7H2,1-2H3,(H,16,17,18). The summed E-state index contributed by atoms with van der Waals surface area (Å²) in [6, 6.07) is 6.02. The molecular formula is C13H13BrFN3O2. The van der Waals surface area contributed by atoms with Gasteiger partial charge in [-0.1, -0.05) is 0 Å². The molecule has 0 saturated heterocycles. The molecule has 0 aliphatic heterocycles. The van der Waals surface area contributed by atoms with Crippen molar-refractivity contribution in [2.24, 2.45) is 0 Å². The minimum Gasteiger partial charge on any atom is -0.439 e. The van der Waals surface area contributed by atoms with Crippen LogP contribution in [-0.4, -0.2) is 24.1 Å². The van der Waals surface area contributed by atoms with Gasteiger partial charge in [-0.2, -0.15) is 4.98 Å². The molecule has 106 valence electrons. The number of anilines is 1. The Balaban J connectivity index is 2.27. The molecule has 1 aromatic heterocycles. The molecule has 0 unspecified atom stereocenters. The Morgan fingerprint density at radius 1 is 1.30 bits per heavy atom. The average molecular weight is 342 g/mol. The molecule has 0 atom stereocenters. The molecule has 0 amide bonds. The van der Waals surface area contributed by atoms with E-state index in [1.165, 1.54) is 18.2 Å². The molecule has 0 spiro atoms. The highest BCUT2D eigenvalue weighted by Crippen LogP contribution is 2.26. The number of hydrogen-bond acceptors (Lipinski definition) is 5. The number of ether oxygens (including phenoxy) is 2. The van der Waals surface area contributed by atoms with Crippen molar-refractivity contribution >= 4 is 21.7 Å². The first-order valence-electron chi connectivity index (χ1n) is 5.80. The fraction of sp³-hybridized carbons (Fsp3) is 0.231. The van der Waals surface area contributed by atoms with Crippen molar-refractivity contribution in [3.05, 3.63) is 40.4 Å². The zero-order valence-corrected chi connectivity index (χ0v) is 12.6. The van der Waals surface area contributed by atoms with Gasteiger partial charge in [0.2, 0.25) is 5.88 Å². The maximum absolute atomic E-state index is 13.2. The van der Waals surface area contributed by atoms with Crippen LogP contribution in [0.5, 0.6) is 11.6 Å². The number of nitrogens with zero attached hydrogens (tertiary/aromatic N) is 2. The van der Waals surface area contributed by atoms with Gasteiger partial charge in [0.15, 0.2) is 5.82 Å². The second kappa shape index (κ2) is 6.62. The maximum atomic E-state index is 13.2. The van der Waals surface area contributed by atoms with E-state index < -0.39 is 0 Å². The molecular weight excluding hydrogens is 329 g/mol. The molecule has 2 rings (SSSR count). The predicted octanol–water partition coefficient (Wildman–Crippen LogP) is 3.36. The van der Waals surface area contributed by atoms with Crippen LogP contribution in [0.25, 0.3) is 0 Å². The number of hydrogen-bond donors (Lipinski definition) is 1. The normalized spacial score (nSPS) is 10.4. The first-order valence-corrected chi connectivity index (χ1v) is 6.59. The minimum atomic E-state index is -0.351. The molecule has 1 N–H and O–H groups in total. The molecule has 7 heteroatoms. The van der Waals surface area contributed by atoms with Crippen molar-refractivity contribution in [3.8, 4) is 11.6 Å². The van der Waals surface area contributed by atoms with Crippen molar-refractivity contribution in [2.75, 3.05) is 19.5 Å². The maximum Gasteiger partial charge on any atom is 0.224 e. The van der Waals surface area contributed by atoms with Crippen LogP contribution in [0.4, 0.5) is 10.2 Å². The van der Waals surface area contributed by atoms with Crippen molar-refractivity contribution in [1.29, 1.82) is 0 Å². The van der Waals surface area contributed by atoms with Gasteiger partial charge in [0.05, 0.1) is 4.47 Å². The second-order valence-corrected chi connectivity index (χ2v) is 4.72.